The van der Waals surface area contributed by atoms with E-state index in [4.69, 9.17) is 13.0 Å². The smallest absolute Gasteiger partial charge is 0.741 e. The van der Waals surface area contributed by atoms with Crippen molar-refractivity contribution in [1.82, 2.24) is 0 Å². The summed E-state index contributed by atoms with van der Waals surface area (Å²) in [5, 5.41) is 0. The minimum absolute atomic E-state index is 0. The van der Waals surface area contributed by atoms with Crippen molar-refractivity contribution >= 4 is 10.1 Å². The largest absolute Gasteiger partial charge is 3.00 e. The Balaban J connectivity index is -0.0000000817. The van der Waals surface area contributed by atoms with Crippen LogP contribution in [0.5, 0.6) is 0 Å². The van der Waals surface area contributed by atoms with Gasteiger partial charge in [-0.05, 0) is 0 Å². The van der Waals surface area contributed by atoms with Crippen LogP contribution < -0.4 is 0 Å². The summed E-state index contributed by atoms with van der Waals surface area (Å²) in [7, 11) is -6.09. The fraction of sp³-hybridized carbons (Fsp3) is 0.333. The topological polar surface area (TPSA) is 57.2 Å². The Hall–Kier alpha value is 0.194. The molecule has 0 aromatic rings. The Labute approximate surface area is 73.7 Å². The first-order chi connectivity index (χ1) is 3.25. The van der Waals surface area contributed by atoms with Gasteiger partial charge in [0.15, 0.2) is 10.1 Å². The molecule has 0 bridgehead atoms. The standard InChI is InChI=1S/CHF3O3S.2CH3.Ni/c2-1(3,4)8(5,6)7;;;/h(H,5,6,7);2*1H3;/q;2*-1;+3/p-1. The van der Waals surface area contributed by atoms with Gasteiger partial charge in [0.2, 0.25) is 0 Å². The fourth-order valence-electron chi connectivity index (χ4n) is 0. The van der Waals surface area contributed by atoms with E-state index in [9.17, 15) is 13.2 Å². The second-order valence-electron chi connectivity index (χ2n) is 0.900. The summed E-state index contributed by atoms with van der Waals surface area (Å²) in [4.78, 5) is 0. The molecule has 3 nitrogen and oxygen atoms in total. The molecular weight excluding hydrogens is 232 g/mol. The van der Waals surface area contributed by atoms with E-state index in [-0.39, 0.29) is 31.3 Å². The van der Waals surface area contributed by atoms with E-state index >= 15 is 0 Å². The van der Waals surface area contributed by atoms with Gasteiger partial charge < -0.3 is 19.4 Å². The third kappa shape index (κ3) is 8.10. The van der Waals surface area contributed by atoms with Crippen molar-refractivity contribution in [3.8, 4) is 0 Å². The predicted octanol–water partition coefficient (Wildman–Crippen LogP) is 0.949. The van der Waals surface area contributed by atoms with Crippen molar-refractivity contribution in [1.29, 1.82) is 0 Å². The Morgan fingerprint density at radius 2 is 1.18 bits per heavy atom. The Morgan fingerprint density at radius 1 is 1.09 bits per heavy atom. The zero-order valence-electron chi connectivity index (χ0n) is 5.58. The molecule has 0 aromatic carbocycles. The molecule has 0 heterocycles. The van der Waals surface area contributed by atoms with Crippen LogP contribution in [0.3, 0.4) is 0 Å². The van der Waals surface area contributed by atoms with Gasteiger partial charge in [0.1, 0.15) is 0 Å². The monoisotopic (exact) mass is 237 g/mol. The van der Waals surface area contributed by atoms with Gasteiger partial charge in [0, 0.05) is 0 Å². The fourth-order valence-corrected chi connectivity index (χ4v) is 0. The van der Waals surface area contributed by atoms with Crippen molar-refractivity contribution in [2.45, 2.75) is 5.51 Å². The maximum Gasteiger partial charge on any atom is 3.00 e. The minimum Gasteiger partial charge on any atom is -0.741 e. The molecule has 0 aliphatic rings. The molecule has 0 fully saturated rings. The second-order valence-corrected chi connectivity index (χ2v) is 2.27. The van der Waals surface area contributed by atoms with Crippen LogP contribution in [0.4, 0.5) is 13.2 Å². The molecule has 73 valence electrons. The molecule has 0 spiro atoms. The third-order valence-corrected chi connectivity index (χ3v) is 0.850. The van der Waals surface area contributed by atoms with Gasteiger partial charge in [-0.3, -0.25) is 0 Å². The maximum absolute atomic E-state index is 10.7. The summed E-state index contributed by atoms with van der Waals surface area (Å²) in [6.07, 6.45) is 0. The van der Waals surface area contributed by atoms with Crippen LogP contribution in [0.25, 0.3) is 0 Å². The van der Waals surface area contributed by atoms with Crippen LogP contribution in [0.1, 0.15) is 0 Å². The molecule has 0 unspecified atom stereocenters. The van der Waals surface area contributed by atoms with Gasteiger partial charge in [-0.1, -0.05) is 0 Å². The molecular formula is C3H6F3NiO3S. The molecule has 0 aromatic heterocycles. The predicted molar refractivity (Wildman–Crippen MR) is 28.6 cm³/mol. The average molecular weight is 238 g/mol. The minimum atomic E-state index is -6.09. The summed E-state index contributed by atoms with van der Waals surface area (Å²) >= 11 is 0. The molecule has 0 aliphatic carbocycles. The van der Waals surface area contributed by atoms with Crippen molar-refractivity contribution < 1.29 is 42.6 Å². The van der Waals surface area contributed by atoms with Gasteiger partial charge in [-0.15, -0.1) is 0 Å². The third-order valence-electron chi connectivity index (χ3n) is 0.283. The quantitative estimate of drug-likeness (QED) is 0.273. The van der Waals surface area contributed by atoms with Gasteiger partial charge in [-0.25, -0.2) is 8.42 Å². The molecule has 1 radical (unpaired) electrons. The molecule has 0 atom stereocenters. The van der Waals surface area contributed by atoms with Crippen LogP contribution in [0.2, 0.25) is 0 Å². The number of halogens is 3. The summed E-state index contributed by atoms with van der Waals surface area (Å²) in [5.74, 6) is 0. The van der Waals surface area contributed by atoms with E-state index in [1.54, 1.807) is 0 Å². The van der Waals surface area contributed by atoms with Gasteiger partial charge in [0.05, 0.1) is 0 Å². The molecule has 11 heavy (non-hydrogen) atoms. The van der Waals surface area contributed by atoms with E-state index in [0.717, 1.165) is 0 Å². The number of hydrogen-bond donors (Lipinski definition) is 0. The Morgan fingerprint density at radius 3 is 1.18 bits per heavy atom. The molecule has 0 saturated heterocycles. The van der Waals surface area contributed by atoms with Gasteiger partial charge in [0.25, 0.3) is 0 Å². The van der Waals surface area contributed by atoms with Crippen molar-refractivity contribution in [3.63, 3.8) is 0 Å². The van der Waals surface area contributed by atoms with Crippen LogP contribution >= 0.6 is 0 Å². The van der Waals surface area contributed by atoms with Crippen LogP contribution in [-0.4, -0.2) is 18.5 Å². The van der Waals surface area contributed by atoms with Gasteiger partial charge in [-0.2, -0.15) is 13.2 Å². The van der Waals surface area contributed by atoms with Crippen LogP contribution in [0, 0.1) is 14.9 Å². The van der Waals surface area contributed by atoms with E-state index < -0.39 is 15.6 Å². The Kier molecular flexibility index (Phi) is 11.8. The summed E-state index contributed by atoms with van der Waals surface area (Å²) in [5.41, 5.74) is -5.65. The van der Waals surface area contributed by atoms with Crippen molar-refractivity contribution in [3.05, 3.63) is 14.9 Å². The van der Waals surface area contributed by atoms with E-state index in [0.29, 0.717) is 0 Å². The first kappa shape index (κ1) is 22.5. The summed E-state index contributed by atoms with van der Waals surface area (Å²) in [6.45, 7) is 0. The molecule has 0 rings (SSSR count). The number of rotatable bonds is 0. The van der Waals surface area contributed by atoms with Crippen LogP contribution in [0.15, 0.2) is 0 Å². The van der Waals surface area contributed by atoms with E-state index in [1.165, 1.54) is 0 Å². The second kappa shape index (κ2) is 5.79. The first-order valence-electron chi connectivity index (χ1n) is 1.27. The van der Waals surface area contributed by atoms with Crippen molar-refractivity contribution in [2.24, 2.45) is 0 Å². The Bertz CT molecular complexity index is 173. The zero-order chi connectivity index (χ0) is 7.00. The number of hydrogen-bond acceptors (Lipinski definition) is 3. The van der Waals surface area contributed by atoms with Gasteiger partial charge >= 0.3 is 22.0 Å². The first-order valence-corrected chi connectivity index (χ1v) is 2.68. The molecule has 0 aliphatic heterocycles. The normalized spacial score (nSPS) is 10.2. The maximum atomic E-state index is 10.7. The SMILES string of the molecule is O=S(=O)([O-])C(F)(F)F.[CH3-].[CH3-].[Ni+3]. The van der Waals surface area contributed by atoms with Crippen molar-refractivity contribution in [2.75, 3.05) is 0 Å². The zero-order valence-corrected chi connectivity index (χ0v) is 7.39. The number of alkyl halides is 3. The summed E-state index contributed by atoms with van der Waals surface area (Å²) < 4.78 is 58.9. The van der Waals surface area contributed by atoms with Crippen LogP contribution in [-0.2, 0) is 26.6 Å². The van der Waals surface area contributed by atoms with E-state index in [2.05, 4.69) is 0 Å². The summed E-state index contributed by atoms with van der Waals surface area (Å²) in [6, 6.07) is 0. The molecule has 0 amide bonds. The molecule has 8 heteroatoms. The van der Waals surface area contributed by atoms with E-state index in [1.807, 2.05) is 0 Å². The molecule has 0 N–H and O–H groups in total. The molecule has 0 saturated carbocycles. The average Bonchev–Trinajstić information content (AvgIpc) is 1.25.